The number of hydrazine groups is 1. The van der Waals surface area contributed by atoms with Crippen molar-refractivity contribution in [1.29, 1.82) is 0 Å². The highest BCUT2D eigenvalue weighted by Gasteiger charge is 2.34. The Labute approximate surface area is 118 Å². The molecule has 0 unspecified atom stereocenters. The van der Waals surface area contributed by atoms with Crippen LogP contribution in [0.4, 0.5) is 5.82 Å². The van der Waals surface area contributed by atoms with E-state index in [4.69, 9.17) is 5.84 Å². The number of pyridine rings is 1. The fourth-order valence-corrected chi connectivity index (χ4v) is 3.98. The molecule has 2 aliphatic rings. The average molecular weight is 297 g/mol. The molecule has 0 amide bonds. The van der Waals surface area contributed by atoms with Gasteiger partial charge in [0.25, 0.3) is 0 Å². The summed E-state index contributed by atoms with van der Waals surface area (Å²) in [6, 6.07) is 3.65. The number of aromatic nitrogens is 1. The van der Waals surface area contributed by atoms with Gasteiger partial charge in [0, 0.05) is 44.5 Å². The van der Waals surface area contributed by atoms with E-state index >= 15 is 0 Å². The zero-order valence-corrected chi connectivity index (χ0v) is 12.0. The molecule has 1 aromatic heterocycles. The van der Waals surface area contributed by atoms with E-state index in [0.29, 0.717) is 24.9 Å². The van der Waals surface area contributed by atoms with Crippen molar-refractivity contribution >= 4 is 15.8 Å². The Morgan fingerprint density at radius 2 is 1.95 bits per heavy atom. The molecule has 0 radical (unpaired) electrons. The molecule has 1 aliphatic heterocycles. The number of anilines is 1. The summed E-state index contributed by atoms with van der Waals surface area (Å²) >= 11 is 0. The number of nitrogen functional groups attached to an aromatic ring is 1. The molecule has 1 saturated carbocycles. The molecule has 8 heteroatoms. The first kappa shape index (κ1) is 13.7. The third-order valence-electron chi connectivity index (χ3n) is 3.85. The van der Waals surface area contributed by atoms with Crippen LogP contribution in [0.5, 0.6) is 0 Å². The Balaban J connectivity index is 1.74. The molecular formula is C12H19N5O2S. The second-order valence-electron chi connectivity index (χ2n) is 5.19. The predicted octanol–water partition coefficient (Wildman–Crippen LogP) is -0.164. The molecule has 2 heterocycles. The molecule has 3 rings (SSSR count). The van der Waals surface area contributed by atoms with Crippen LogP contribution in [0.25, 0.3) is 0 Å². The summed E-state index contributed by atoms with van der Waals surface area (Å²) in [6.45, 7) is 2.73. The van der Waals surface area contributed by atoms with Crippen LogP contribution in [0.2, 0.25) is 0 Å². The third-order valence-corrected chi connectivity index (χ3v) is 5.75. The Hall–Kier alpha value is -1.22. The molecule has 20 heavy (non-hydrogen) atoms. The molecule has 110 valence electrons. The quantitative estimate of drug-likeness (QED) is 0.592. The van der Waals surface area contributed by atoms with E-state index in [2.05, 4.69) is 15.3 Å². The number of rotatable bonds is 4. The minimum atomic E-state index is -3.45. The lowest BCUT2D eigenvalue weighted by Crippen LogP contribution is -2.49. The van der Waals surface area contributed by atoms with Gasteiger partial charge in [0.1, 0.15) is 5.82 Å². The third kappa shape index (κ3) is 2.64. The van der Waals surface area contributed by atoms with E-state index in [1.165, 1.54) is 31.2 Å². The largest absolute Gasteiger partial charge is 0.308 e. The minimum absolute atomic E-state index is 0.236. The van der Waals surface area contributed by atoms with Crippen LogP contribution in [0.3, 0.4) is 0 Å². The van der Waals surface area contributed by atoms with Gasteiger partial charge in [-0.3, -0.25) is 4.90 Å². The Kier molecular flexibility index (Phi) is 3.63. The van der Waals surface area contributed by atoms with Crippen LogP contribution < -0.4 is 11.3 Å². The SMILES string of the molecule is NNc1cc(S(=O)(=O)N2CCN(C3CC3)CC2)ccn1. The molecule has 1 saturated heterocycles. The average Bonchev–Trinajstić information content (AvgIpc) is 3.32. The standard InChI is InChI=1S/C12H19N5O2S/c13-15-12-9-11(3-4-14-12)20(18,19)17-7-5-16(6-8-17)10-1-2-10/h3-4,9-10H,1-2,5-8,13H2,(H,14,15). The van der Waals surface area contributed by atoms with Crippen molar-refractivity contribution in [3.05, 3.63) is 18.3 Å². The number of hydrogen-bond acceptors (Lipinski definition) is 6. The lowest BCUT2D eigenvalue weighted by molar-refractivity contribution is 0.180. The lowest BCUT2D eigenvalue weighted by Gasteiger charge is -2.34. The van der Waals surface area contributed by atoms with Crippen molar-refractivity contribution in [2.75, 3.05) is 31.6 Å². The smallest absolute Gasteiger partial charge is 0.243 e. The summed E-state index contributed by atoms with van der Waals surface area (Å²) in [5.74, 6) is 5.62. The molecule has 1 aromatic rings. The predicted molar refractivity (Wildman–Crippen MR) is 75.4 cm³/mol. The first-order valence-electron chi connectivity index (χ1n) is 6.78. The maximum absolute atomic E-state index is 12.6. The van der Waals surface area contributed by atoms with Gasteiger partial charge in [-0.2, -0.15) is 4.31 Å². The maximum Gasteiger partial charge on any atom is 0.243 e. The van der Waals surface area contributed by atoms with E-state index < -0.39 is 10.0 Å². The van der Waals surface area contributed by atoms with Crippen LogP contribution in [-0.4, -0.2) is 54.8 Å². The van der Waals surface area contributed by atoms with E-state index in [-0.39, 0.29) is 4.90 Å². The second kappa shape index (κ2) is 5.28. The van der Waals surface area contributed by atoms with Crippen LogP contribution >= 0.6 is 0 Å². The van der Waals surface area contributed by atoms with Crippen molar-refractivity contribution in [2.45, 2.75) is 23.8 Å². The number of nitrogens with zero attached hydrogens (tertiary/aromatic N) is 3. The van der Waals surface area contributed by atoms with Gasteiger partial charge >= 0.3 is 0 Å². The summed E-state index contributed by atoms with van der Waals surface area (Å²) in [4.78, 5) is 6.55. The minimum Gasteiger partial charge on any atom is -0.308 e. The monoisotopic (exact) mass is 297 g/mol. The highest BCUT2D eigenvalue weighted by atomic mass is 32.2. The number of nitrogens with two attached hydrogens (primary N) is 1. The molecule has 0 spiro atoms. The van der Waals surface area contributed by atoms with Crippen LogP contribution in [0.15, 0.2) is 23.2 Å². The van der Waals surface area contributed by atoms with Crippen molar-refractivity contribution < 1.29 is 8.42 Å². The molecule has 7 nitrogen and oxygen atoms in total. The van der Waals surface area contributed by atoms with Gasteiger partial charge < -0.3 is 5.43 Å². The topological polar surface area (TPSA) is 91.6 Å². The highest BCUT2D eigenvalue weighted by Crippen LogP contribution is 2.28. The van der Waals surface area contributed by atoms with Crippen molar-refractivity contribution in [1.82, 2.24) is 14.2 Å². The van der Waals surface area contributed by atoms with E-state index in [9.17, 15) is 8.42 Å². The number of hydrogen-bond donors (Lipinski definition) is 2. The van der Waals surface area contributed by atoms with Crippen molar-refractivity contribution in [3.63, 3.8) is 0 Å². The van der Waals surface area contributed by atoms with E-state index in [0.717, 1.165) is 13.1 Å². The zero-order chi connectivity index (χ0) is 14.2. The molecule has 0 aromatic carbocycles. The molecule has 0 bridgehead atoms. The first-order chi connectivity index (χ1) is 9.61. The summed E-state index contributed by atoms with van der Waals surface area (Å²) in [7, 11) is -3.45. The molecule has 0 atom stereocenters. The fourth-order valence-electron chi connectivity index (χ4n) is 2.55. The Bertz CT molecular complexity index is 579. The molecule has 3 N–H and O–H groups in total. The Morgan fingerprint density at radius 3 is 2.55 bits per heavy atom. The number of nitrogens with one attached hydrogen (secondary N) is 1. The summed E-state index contributed by atoms with van der Waals surface area (Å²) < 4.78 is 26.7. The highest BCUT2D eigenvalue weighted by molar-refractivity contribution is 7.89. The number of sulfonamides is 1. The van der Waals surface area contributed by atoms with Gasteiger partial charge in [0.2, 0.25) is 10.0 Å². The molecule has 2 fully saturated rings. The Morgan fingerprint density at radius 1 is 1.25 bits per heavy atom. The van der Waals surface area contributed by atoms with Gasteiger partial charge in [-0.15, -0.1) is 0 Å². The van der Waals surface area contributed by atoms with Gasteiger partial charge in [-0.05, 0) is 18.9 Å². The number of piperazine rings is 1. The van der Waals surface area contributed by atoms with E-state index in [1.54, 1.807) is 4.31 Å². The summed E-state index contributed by atoms with van der Waals surface area (Å²) in [5.41, 5.74) is 2.37. The molecular weight excluding hydrogens is 278 g/mol. The van der Waals surface area contributed by atoms with Gasteiger partial charge in [-0.1, -0.05) is 0 Å². The van der Waals surface area contributed by atoms with Crippen LogP contribution in [-0.2, 0) is 10.0 Å². The van der Waals surface area contributed by atoms with Crippen LogP contribution in [0, 0.1) is 0 Å². The van der Waals surface area contributed by atoms with E-state index in [1.807, 2.05) is 0 Å². The fraction of sp³-hybridized carbons (Fsp3) is 0.583. The van der Waals surface area contributed by atoms with Gasteiger partial charge in [0.15, 0.2) is 0 Å². The zero-order valence-electron chi connectivity index (χ0n) is 11.2. The molecule has 1 aliphatic carbocycles. The van der Waals surface area contributed by atoms with Crippen molar-refractivity contribution in [2.24, 2.45) is 5.84 Å². The summed E-state index contributed by atoms with van der Waals surface area (Å²) in [6.07, 6.45) is 3.95. The van der Waals surface area contributed by atoms with Crippen LogP contribution in [0.1, 0.15) is 12.8 Å². The normalized spacial score (nSPS) is 21.9. The van der Waals surface area contributed by atoms with Gasteiger partial charge in [-0.25, -0.2) is 19.2 Å². The van der Waals surface area contributed by atoms with Gasteiger partial charge in [0.05, 0.1) is 4.90 Å². The lowest BCUT2D eigenvalue weighted by atomic mass is 10.3. The summed E-state index contributed by atoms with van der Waals surface area (Å²) in [5, 5.41) is 0. The van der Waals surface area contributed by atoms with Crippen molar-refractivity contribution in [3.8, 4) is 0 Å². The first-order valence-corrected chi connectivity index (χ1v) is 8.22. The second-order valence-corrected chi connectivity index (χ2v) is 7.13. The maximum atomic E-state index is 12.6.